The van der Waals surface area contributed by atoms with E-state index in [1.807, 2.05) is 18.2 Å². The van der Waals surface area contributed by atoms with Crippen molar-refractivity contribution in [3.8, 4) is 33.9 Å². The molecule has 36 heavy (non-hydrogen) atoms. The van der Waals surface area contributed by atoms with Crippen molar-refractivity contribution < 1.29 is 0 Å². The summed E-state index contributed by atoms with van der Waals surface area (Å²) in [5.74, 6) is 0. The second-order valence-corrected chi connectivity index (χ2v) is 8.70. The van der Waals surface area contributed by atoms with Crippen molar-refractivity contribution in [2.45, 2.75) is 0 Å². The zero-order valence-corrected chi connectivity index (χ0v) is 19.2. The molecule has 4 aromatic heterocycles. The number of nitrogens with zero attached hydrogens (tertiary/aromatic N) is 5. The van der Waals surface area contributed by atoms with Crippen LogP contribution in [0.15, 0.2) is 116 Å². The Morgan fingerprint density at radius 3 is 1.89 bits per heavy atom. The smallest absolute Gasteiger partial charge is 0.108 e. The van der Waals surface area contributed by atoms with Gasteiger partial charge >= 0.3 is 0 Å². The third-order valence-corrected chi connectivity index (χ3v) is 6.42. The van der Waals surface area contributed by atoms with Crippen molar-refractivity contribution in [2.24, 2.45) is 0 Å². The molecule has 5 nitrogen and oxygen atoms in total. The zero-order valence-electron chi connectivity index (χ0n) is 19.2. The third-order valence-electron chi connectivity index (χ3n) is 6.42. The molecule has 3 aromatic carbocycles. The van der Waals surface area contributed by atoms with Crippen molar-refractivity contribution in [3.05, 3.63) is 116 Å². The molecule has 168 valence electrons. The van der Waals surface area contributed by atoms with Crippen molar-refractivity contribution in [3.63, 3.8) is 0 Å². The molecular weight excluding hydrogens is 442 g/mol. The van der Waals surface area contributed by atoms with Crippen molar-refractivity contribution >= 4 is 32.6 Å². The van der Waals surface area contributed by atoms with E-state index in [4.69, 9.17) is 15.0 Å². The van der Waals surface area contributed by atoms with Gasteiger partial charge in [-0.1, -0.05) is 60.7 Å². The fourth-order valence-corrected chi connectivity index (χ4v) is 4.56. The average Bonchev–Trinajstić information content (AvgIpc) is 2.97. The molecule has 0 radical (unpaired) electrons. The van der Waals surface area contributed by atoms with E-state index in [-0.39, 0.29) is 0 Å². The zero-order chi connectivity index (χ0) is 23.9. The number of fused-ring (bicyclic) bond motifs is 4. The quantitative estimate of drug-likeness (QED) is 0.262. The highest BCUT2D eigenvalue weighted by atomic mass is 14.9. The highest BCUT2D eigenvalue weighted by molar-refractivity contribution is 6.04. The summed E-state index contributed by atoms with van der Waals surface area (Å²) in [6.45, 7) is 0. The van der Waals surface area contributed by atoms with Crippen LogP contribution in [0.2, 0.25) is 0 Å². The van der Waals surface area contributed by atoms with Gasteiger partial charge in [0.1, 0.15) is 5.69 Å². The number of hydrogen-bond acceptors (Lipinski definition) is 5. The fourth-order valence-electron chi connectivity index (χ4n) is 4.56. The maximum Gasteiger partial charge on any atom is 0.108 e. The molecule has 0 bridgehead atoms. The summed E-state index contributed by atoms with van der Waals surface area (Å²) in [6.07, 6.45) is 7.02. The van der Waals surface area contributed by atoms with Crippen LogP contribution in [0.3, 0.4) is 0 Å². The molecule has 0 N–H and O–H groups in total. The van der Waals surface area contributed by atoms with E-state index >= 15 is 0 Å². The Bertz CT molecular complexity index is 1900. The molecule has 0 saturated heterocycles. The maximum atomic E-state index is 5.07. The van der Waals surface area contributed by atoms with Crippen molar-refractivity contribution in [2.75, 3.05) is 0 Å². The van der Waals surface area contributed by atoms with Crippen LogP contribution in [0.4, 0.5) is 0 Å². The predicted octanol–water partition coefficient (Wildman–Crippen LogP) is 7.12. The molecule has 7 aromatic rings. The third kappa shape index (κ3) is 3.54. The molecule has 0 aliphatic carbocycles. The fraction of sp³-hybridized carbons (Fsp3) is 0. The van der Waals surface area contributed by atoms with E-state index in [1.54, 1.807) is 24.8 Å². The second kappa shape index (κ2) is 8.32. The van der Waals surface area contributed by atoms with Crippen LogP contribution in [-0.4, -0.2) is 24.9 Å². The summed E-state index contributed by atoms with van der Waals surface area (Å²) in [4.78, 5) is 23.5. The van der Waals surface area contributed by atoms with Gasteiger partial charge in [0.15, 0.2) is 0 Å². The van der Waals surface area contributed by atoms with Crippen LogP contribution >= 0.6 is 0 Å². The van der Waals surface area contributed by atoms with Crippen LogP contribution in [0.5, 0.6) is 0 Å². The van der Waals surface area contributed by atoms with Gasteiger partial charge in [0.25, 0.3) is 0 Å². The van der Waals surface area contributed by atoms with E-state index in [0.717, 1.165) is 50.0 Å². The van der Waals surface area contributed by atoms with E-state index in [0.29, 0.717) is 5.69 Å². The van der Waals surface area contributed by atoms with Gasteiger partial charge in [0.05, 0.1) is 40.5 Å². The van der Waals surface area contributed by atoms with Gasteiger partial charge in [0.2, 0.25) is 0 Å². The second-order valence-electron chi connectivity index (χ2n) is 8.70. The first-order valence-electron chi connectivity index (χ1n) is 11.7. The molecule has 0 saturated carbocycles. The van der Waals surface area contributed by atoms with Crippen molar-refractivity contribution in [1.29, 1.82) is 0 Å². The van der Waals surface area contributed by atoms with E-state index in [2.05, 4.69) is 82.8 Å². The maximum absolute atomic E-state index is 5.07. The van der Waals surface area contributed by atoms with Crippen LogP contribution < -0.4 is 0 Å². The summed E-state index contributed by atoms with van der Waals surface area (Å²) >= 11 is 0. The molecule has 4 heterocycles. The van der Waals surface area contributed by atoms with Gasteiger partial charge in [-0.15, -0.1) is 0 Å². The first-order valence-corrected chi connectivity index (χ1v) is 11.7. The monoisotopic (exact) mass is 461 g/mol. The highest BCUT2D eigenvalue weighted by Crippen LogP contribution is 2.30. The minimum Gasteiger partial charge on any atom is -0.264 e. The molecule has 0 fully saturated rings. The lowest BCUT2D eigenvalue weighted by atomic mass is 10.0. The van der Waals surface area contributed by atoms with Gasteiger partial charge < -0.3 is 0 Å². The Morgan fingerprint density at radius 1 is 0.389 bits per heavy atom. The lowest BCUT2D eigenvalue weighted by Crippen LogP contribution is -1.94. The van der Waals surface area contributed by atoms with Gasteiger partial charge in [-0.05, 0) is 41.1 Å². The molecule has 7 rings (SSSR count). The van der Waals surface area contributed by atoms with Crippen molar-refractivity contribution in [1.82, 2.24) is 24.9 Å². The summed E-state index contributed by atoms with van der Waals surface area (Å²) < 4.78 is 0. The van der Waals surface area contributed by atoms with Crippen LogP contribution in [0, 0.1) is 0 Å². The Labute approximate surface area is 207 Å². The Kier molecular flexibility index (Phi) is 4.71. The number of hydrogen-bond donors (Lipinski definition) is 0. The van der Waals surface area contributed by atoms with E-state index in [1.165, 1.54) is 10.8 Å². The average molecular weight is 462 g/mol. The number of benzene rings is 3. The molecular formula is C31H19N5. The van der Waals surface area contributed by atoms with Gasteiger partial charge in [-0.25, -0.2) is 15.0 Å². The molecule has 0 aliphatic heterocycles. The van der Waals surface area contributed by atoms with Gasteiger partial charge in [-0.2, -0.15) is 0 Å². The van der Waals surface area contributed by atoms with E-state index in [9.17, 15) is 0 Å². The molecule has 0 aliphatic rings. The normalized spacial score (nSPS) is 11.3. The highest BCUT2D eigenvalue weighted by Gasteiger charge is 2.11. The molecule has 0 unspecified atom stereocenters. The molecule has 0 spiro atoms. The standard InChI is InChI=1S/C31H19N5/c1-2-5-23-16-24(10-7-20(23)4-1)26-13-11-21-8-9-22-12-14-27(36-31(22)30(21)35-26)29-19-33-18-28(34-29)25-6-3-15-32-17-25/h1-19H. The summed E-state index contributed by atoms with van der Waals surface area (Å²) in [5, 5.41) is 4.49. The molecule has 5 heteroatoms. The van der Waals surface area contributed by atoms with Gasteiger partial charge in [0, 0.05) is 34.3 Å². The van der Waals surface area contributed by atoms with Crippen LogP contribution in [-0.2, 0) is 0 Å². The predicted molar refractivity (Wildman–Crippen MR) is 144 cm³/mol. The Balaban J connectivity index is 1.37. The minimum atomic E-state index is 0.709. The van der Waals surface area contributed by atoms with E-state index < -0.39 is 0 Å². The Morgan fingerprint density at radius 2 is 1.08 bits per heavy atom. The van der Waals surface area contributed by atoms with Crippen LogP contribution in [0.25, 0.3) is 66.5 Å². The number of aromatic nitrogens is 5. The summed E-state index contributed by atoms with van der Waals surface area (Å²) in [5.41, 5.74) is 6.87. The first-order chi connectivity index (χ1) is 17.8. The summed E-state index contributed by atoms with van der Waals surface area (Å²) in [6, 6.07) is 31.1. The van der Waals surface area contributed by atoms with Crippen LogP contribution in [0.1, 0.15) is 0 Å². The lowest BCUT2D eigenvalue weighted by molar-refractivity contribution is 1.18. The number of pyridine rings is 3. The summed E-state index contributed by atoms with van der Waals surface area (Å²) in [7, 11) is 0. The SMILES string of the molecule is c1cncc(-c2cncc(-c3ccc4ccc5ccc(-c6ccc7ccccc7c6)nc5c4n3)n2)c1. The topological polar surface area (TPSA) is 64.5 Å². The minimum absolute atomic E-state index is 0.709. The largest absolute Gasteiger partial charge is 0.264 e. The van der Waals surface area contributed by atoms with Gasteiger partial charge in [-0.3, -0.25) is 9.97 Å². The first kappa shape index (κ1) is 20.4. The lowest BCUT2D eigenvalue weighted by Gasteiger charge is -2.09. The Hall–Kier alpha value is -5.03. The molecule has 0 amide bonds. The molecule has 0 atom stereocenters. The number of rotatable bonds is 3.